The van der Waals surface area contributed by atoms with Crippen LogP contribution in [-0.2, 0) is 9.59 Å². The summed E-state index contributed by atoms with van der Waals surface area (Å²) in [6, 6.07) is 5.00. The van der Waals surface area contributed by atoms with Crippen LogP contribution in [0.5, 0.6) is 0 Å². The number of likely N-dealkylation sites (tertiary alicyclic amines) is 1. The number of halogens is 1. The van der Waals surface area contributed by atoms with E-state index in [0.717, 1.165) is 12.8 Å². The highest BCUT2D eigenvalue weighted by molar-refractivity contribution is 5.92. The Morgan fingerprint density at radius 2 is 2.20 bits per heavy atom. The van der Waals surface area contributed by atoms with Crippen molar-refractivity contribution in [2.75, 3.05) is 18.4 Å². The Hall–Kier alpha value is -1.95. The Kier molecular flexibility index (Phi) is 4.68. The van der Waals surface area contributed by atoms with Crippen molar-refractivity contribution in [3.8, 4) is 0 Å². The van der Waals surface area contributed by atoms with Crippen LogP contribution >= 0.6 is 0 Å². The lowest BCUT2D eigenvalue weighted by Crippen LogP contribution is -2.47. The Bertz CT molecular complexity index is 507. The summed E-state index contributed by atoms with van der Waals surface area (Å²) in [5, 5.41) is 11.7. The van der Waals surface area contributed by atoms with E-state index in [1.807, 2.05) is 0 Å². The molecule has 1 saturated heterocycles. The molecular formula is C14H17FN2O3. The van der Waals surface area contributed by atoms with E-state index in [0.29, 0.717) is 18.7 Å². The lowest BCUT2D eigenvalue weighted by molar-refractivity contribution is -0.145. The molecule has 108 valence electrons. The van der Waals surface area contributed by atoms with Gasteiger partial charge in [-0.15, -0.1) is 0 Å². The van der Waals surface area contributed by atoms with E-state index in [-0.39, 0.29) is 12.5 Å². The molecule has 0 saturated carbocycles. The summed E-state index contributed by atoms with van der Waals surface area (Å²) in [6.45, 7) is 0.598. The topological polar surface area (TPSA) is 69.6 Å². The first-order valence-corrected chi connectivity index (χ1v) is 6.58. The number of hydrogen-bond acceptors (Lipinski definition) is 3. The van der Waals surface area contributed by atoms with Crippen molar-refractivity contribution in [2.24, 2.45) is 0 Å². The number of nitrogens with one attached hydrogen (secondary N) is 1. The number of rotatable bonds is 4. The smallest absolute Gasteiger partial charge is 0.320 e. The SMILES string of the molecule is O=C(CN1CCCCC1C(=O)O)Nc1cccc(F)c1. The van der Waals surface area contributed by atoms with Crippen LogP contribution in [0.15, 0.2) is 24.3 Å². The van der Waals surface area contributed by atoms with Gasteiger partial charge < -0.3 is 10.4 Å². The summed E-state index contributed by atoms with van der Waals surface area (Å²) >= 11 is 0. The molecule has 2 rings (SSSR count). The predicted octanol–water partition coefficient (Wildman–Crippen LogP) is 1.70. The van der Waals surface area contributed by atoms with Crippen LogP contribution in [0, 0.1) is 5.82 Å². The van der Waals surface area contributed by atoms with Gasteiger partial charge in [-0.2, -0.15) is 0 Å². The average Bonchev–Trinajstić information content (AvgIpc) is 2.38. The molecule has 1 unspecified atom stereocenters. The van der Waals surface area contributed by atoms with Crippen LogP contribution < -0.4 is 5.32 Å². The third-order valence-corrected chi connectivity index (χ3v) is 3.35. The zero-order valence-corrected chi connectivity index (χ0v) is 11.0. The minimum Gasteiger partial charge on any atom is -0.480 e. The summed E-state index contributed by atoms with van der Waals surface area (Å²) in [6.07, 6.45) is 2.30. The minimum atomic E-state index is -0.900. The lowest BCUT2D eigenvalue weighted by Gasteiger charge is -2.32. The van der Waals surface area contributed by atoms with Crippen molar-refractivity contribution in [3.05, 3.63) is 30.1 Å². The number of carbonyl (C=O) groups excluding carboxylic acids is 1. The number of amides is 1. The number of benzene rings is 1. The van der Waals surface area contributed by atoms with Gasteiger partial charge in [0, 0.05) is 5.69 Å². The number of aliphatic carboxylic acids is 1. The van der Waals surface area contributed by atoms with Gasteiger partial charge in [0.15, 0.2) is 0 Å². The van der Waals surface area contributed by atoms with Gasteiger partial charge in [0.1, 0.15) is 11.9 Å². The standard InChI is InChI=1S/C14H17FN2O3/c15-10-4-3-5-11(8-10)16-13(18)9-17-7-2-1-6-12(17)14(19)20/h3-5,8,12H,1-2,6-7,9H2,(H,16,18)(H,19,20). The highest BCUT2D eigenvalue weighted by atomic mass is 19.1. The fourth-order valence-electron chi connectivity index (χ4n) is 2.41. The van der Waals surface area contributed by atoms with E-state index in [4.69, 9.17) is 5.11 Å². The molecule has 0 aromatic heterocycles. The Balaban J connectivity index is 1.94. The van der Waals surface area contributed by atoms with E-state index < -0.39 is 17.8 Å². The molecule has 1 aliphatic rings. The fraction of sp³-hybridized carbons (Fsp3) is 0.429. The molecule has 0 spiro atoms. The number of anilines is 1. The number of carboxylic acids is 1. The number of piperidine rings is 1. The van der Waals surface area contributed by atoms with Gasteiger partial charge >= 0.3 is 5.97 Å². The molecular weight excluding hydrogens is 263 g/mol. The first-order valence-electron chi connectivity index (χ1n) is 6.58. The number of hydrogen-bond donors (Lipinski definition) is 2. The molecule has 1 fully saturated rings. The zero-order valence-electron chi connectivity index (χ0n) is 11.0. The lowest BCUT2D eigenvalue weighted by atomic mass is 10.0. The third-order valence-electron chi connectivity index (χ3n) is 3.35. The third kappa shape index (κ3) is 3.77. The summed E-state index contributed by atoms with van der Waals surface area (Å²) in [5.74, 6) is -1.66. The van der Waals surface area contributed by atoms with Gasteiger partial charge in [-0.05, 0) is 37.6 Å². The second-order valence-electron chi connectivity index (χ2n) is 4.88. The van der Waals surface area contributed by atoms with Crippen LogP contribution in [0.1, 0.15) is 19.3 Å². The van der Waals surface area contributed by atoms with E-state index in [1.54, 1.807) is 11.0 Å². The molecule has 20 heavy (non-hydrogen) atoms. The Morgan fingerprint density at radius 3 is 2.90 bits per heavy atom. The quantitative estimate of drug-likeness (QED) is 0.880. The van der Waals surface area contributed by atoms with Crippen LogP contribution in [-0.4, -0.2) is 41.0 Å². The molecule has 1 heterocycles. The van der Waals surface area contributed by atoms with Gasteiger partial charge in [-0.1, -0.05) is 12.5 Å². The van der Waals surface area contributed by atoms with E-state index in [2.05, 4.69) is 5.32 Å². The molecule has 1 aromatic carbocycles. The van der Waals surface area contributed by atoms with Gasteiger partial charge in [0.05, 0.1) is 6.54 Å². The minimum absolute atomic E-state index is 0.00742. The average molecular weight is 280 g/mol. The van der Waals surface area contributed by atoms with E-state index >= 15 is 0 Å². The molecule has 1 aromatic rings. The van der Waals surface area contributed by atoms with Gasteiger partial charge in [0.25, 0.3) is 0 Å². The molecule has 1 aliphatic heterocycles. The van der Waals surface area contributed by atoms with E-state index in [1.165, 1.54) is 18.2 Å². The molecule has 1 atom stereocenters. The maximum absolute atomic E-state index is 13.0. The predicted molar refractivity (Wildman–Crippen MR) is 71.9 cm³/mol. The Morgan fingerprint density at radius 1 is 1.40 bits per heavy atom. The van der Waals surface area contributed by atoms with Crippen molar-refractivity contribution in [3.63, 3.8) is 0 Å². The maximum atomic E-state index is 13.0. The second kappa shape index (κ2) is 6.47. The summed E-state index contributed by atoms with van der Waals surface area (Å²) < 4.78 is 13.0. The molecule has 0 aliphatic carbocycles. The molecule has 0 radical (unpaired) electrons. The zero-order chi connectivity index (χ0) is 14.5. The summed E-state index contributed by atoms with van der Waals surface area (Å²) in [4.78, 5) is 24.7. The van der Waals surface area contributed by atoms with Crippen molar-refractivity contribution in [1.82, 2.24) is 4.90 Å². The Labute approximate surface area is 116 Å². The van der Waals surface area contributed by atoms with Gasteiger partial charge in [-0.3, -0.25) is 14.5 Å². The summed E-state index contributed by atoms with van der Waals surface area (Å²) in [5.41, 5.74) is 0.374. The van der Waals surface area contributed by atoms with Gasteiger partial charge in [-0.25, -0.2) is 4.39 Å². The van der Waals surface area contributed by atoms with Gasteiger partial charge in [0.2, 0.25) is 5.91 Å². The van der Waals surface area contributed by atoms with Crippen LogP contribution in [0.4, 0.5) is 10.1 Å². The maximum Gasteiger partial charge on any atom is 0.320 e. The number of carboxylic acid groups (broad SMARTS) is 1. The first kappa shape index (κ1) is 14.5. The van der Waals surface area contributed by atoms with Crippen molar-refractivity contribution in [1.29, 1.82) is 0 Å². The fourth-order valence-corrected chi connectivity index (χ4v) is 2.41. The van der Waals surface area contributed by atoms with Crippen LogP contribution in [0.25, 0.3) is 0 Å². The van der Waals surface area contributed by atoms with Crippen LogP contribution in [0.2, 0.25) is 0 Å². The molecule has 0 bridgehead atoms. The molecule has 2 N–H and O–H groups in total. The van der Waals surface area contributed by atoms with Crippen molar-refractivity contribution in [2.45, 2.75) is 25.3 Å². The van der Waals surface area contributed by atoms with Crippen molar-refractivity contribution >= 4 is 17.6 Å². The van der Waals surface area contributed by atoms with Crippen molar-refractivity contribution < 1.29 is 19.1 Å². The molecule has 5 nitrogen and oxygen atoms in total. The largest absolute Gasteiger partial charge is 0.480 e. The monoisotopic (exact) mass is 280 g/mol. The highest BCUT2D eigenvalue weighted by Gasteiger charge is 2.29. The molecule has 6 heteroatoms. The number of nitrogens with zero attached hydrogens (tertiary/aromatic N) is 1. The molecule has 1 amide bonds. The van der Waals surface area contributed by atoms with E-state index in [9.17, 15) is 14.0 Å². The highest BCUT2D eigenvalue weighted by Crippen LogP contribution is 2.17. The summed E-state index contributed by atoms with van der Waals surface area (Å²) in [7, 11) is 0. The number of carbonyl (C=O) groups is 2. The second-order valence-corrected chi connectivity index (χ2v) is 4.88. The first-order chi connectivity index (χ1) is 9.56. The normalized spacial score (nSPS) is 19.6. The van der Waals surface area contributed by atoms with Crippen LogP contribution in [0.3, 0.4) is 0 Å².